The van der Waals surface area contributed by atoms with Crippen LogP contribution < -0.4 is 16.0 Å². The second-order valence-corrected chi connectivity index (χ2v) is 6.27. The van der Waals surface area contributed by atoms with E-state index in [2.05, 4.69) is 54.1 Å². The van der Waals surface area contributed by atoms with Gasteiger partial charge in [-0.25, -0.2) is 4.99 Å². The van der Waals surface area contributed by atoms with E-state index in [9.17, 15) is 4.79 Å². The van der Waals surface area contributed by atoms with Crippen LogP contribution in [-0.4, -0.2) is 32.0 Å². The Morgan fingerprint density at radius 1 is 1.00 bits per heavy atom. The molecule has 2 aromatic rings. The Hall–Kier alpha value is -2.82. The fourth-order valence-electron chi connectivity index (χ4n) is 2.90. The Morgan fingerprint density at radius 2 is 1.78 bits per heavy atom. The molecule has 5 nitrogen and oxygen atoms in total. The van der Waals surface area contributed by atoms with Crippen molar-refractivity contribution in [2.45, 2.75) is 33.2 Å². The first-order chi connectivity index (χ1) is 13.2. The molecule has 0 spiro atoms. The topological polar surface area (TPSA) is 65.5 Å². The highest BCUT2D eigenvalue weighted by atomic mass is 16.1. The van der Waals surface area contributed by atoms with Crippen molar-refractivity contribution >= 4 is 11.9 Å². The fourth-order valence-corrected chi connectivity index (χ4v) is 2.90. The van der Waals surface area contributed by atoms with E-state index < -0.39 is 0 Å². The van der Waals surface area contributed by atoms with Crippen molar-refractivity contribution in [2.24, 2.45) is 4.99 Å². The third-order valence-corrected chi connectivity index (χ3v) is 4.37. The van der Waals surface area contributed by atoms with Crippen molar-refractivity contribution in [1.82, 2.24) is 16.0 Å². The second-order valence-electron chi connectivity index (χ2n) is 6.27. The summed E-state index contributed by atoms with van der Waals surface area (Å²) in [6, 6.07) is 16.1. The van der Waals surface area contributed by atoms with Crippen LogP contribution in [0.4, 0.5) is 0 Å². The second kappa shape index (κ2) is 11.0. The number of aliphatic imine (C=N–C) groups is 1. The van der Waals surface area contributed by atoms with Crippen molar-refractivity contribution < 1.29 is 4.79 Å². The van der Waals surface area contributed by atoms with Crippen LogP contribution in [0.25, 0.3) is 0 Å². The van der Waals surface area contributed by atoms with Crippen LogP contribution in [0.15, 0.2) is 53.5 Å². The zero-order valence-electron chi connectivity index (χ0n) is 16.5. The summed E-state index contributed by atoms with van der Waals surface area (Å²) in [6.07, 6.45) is 1.83. The number of amides is 1. The maximum atomic E-state index is 11.7. The van der Waals surface area contributed by atoms with Crippen LogP contribution in [0, 0.1) is 0 Å². The summed E-state index contributed by atoms with van der Waals surface area (Å²) >= 11 is 0. The number of hydrogen-bond donors (Lipinski definition) is 3. The first-order valence-electron chi connectivity index (χ1n) is 9.57. The quantitative estimate of drug-likeness (QED) is 0.497. The van der Waals surface area contributed by atoms with Gasteiger partial charge in [0.25, 0.3) is 5.91 Å². The lowest BCUT2D eigenvalue weighted by molar-refractivity contribution is 0.0963. The minimum atomic E-state index is -0.0608. The number of carbonyl (C=O) groups excluding carboxylic acids is 1. The lowest BCUT2D eigenvalue weighted by Gasteiger charge is -2.12. The summed E-state index contributed by atoms with van der Waals surface area (Å²) < 4.78 is 0. The van der Waals surface area contributed by atoms with E-state index in [0.717, 1.165) is 37.5 Å². The van der Waals surface area contributed by atoms with Crippen molar-refractivity contribution in [3.63, 3.8) is 0 Å². The SMILES string of the molecule is CCNC(=NCc1ccccc1CC)NCCc1cccc(C(=O)NC)c1. The van der Waals surface area contributed by atoms with Gasteiger partial charge in [0.05, 0.1) is 6.54 Å². The van der Waals surface area contributed by atoms with Crippen LogP contribution in [0.3, 0.4) is 0 Å². The first-order valence-corrected chi connectivity index (χ1v) is 9.57. The first kappa shape index (κ1) is 20.5. The highest BCUT2D eigenvalue weighted by molar-refractivity contribution is 5.94. The smallest absolute Gasteiger partial charge is 0.251 e. The van der Waals surface area contributed by atoms with Crippen molar-refractivity contribution in [1.29, 1.82) is 0 Å². The van der Waals surface area contributed by atoms with Crippen molar-refractivity contribution in [3.8, 4) is 0 Å². The minimum Gasteiger partial charge on any atom is -0.357 e. The molecule has 0 aliphatic rings. The molecule has 0 saturated carbocycles. The van der Waals surface area contributed by atoms with E-state index in [0.29, 0.717) is 12.1 Å². The largest absolute Gasteiger partial charge is 0.357 e. The average Bonchev–Trinajstić information content (AvgIpc) is 2.71. The van der Waals surface area contributed by atoms with E-state index in [1.807, 2.05) is 24.3 Å². The van der Waals surface area contributed by atoms with Crippen molar-refractivity contribution in [2.75, 3.05) is 20.1 Å². The van der Waals surface area contributed by atoms with Gasteiger partial charge in [0, 0.05) is 25.7 Å². The molecule has 0 aliphatic carbocycles. The molecular weight excluding hydrogens is 336 g/mol. The predicted molar refractivity (Wildman–Crippen MR) is 112 cm³/mol. The minimum absolute atomic E-state index is 0.0608. The van der Waals surface area contributed by atoms with Gasteiger partial charge in [-0.3, -0.25) is 4.79 Å². The van der Waals surface area contributed by atoms with Crippen molar-refractivity contribution in [3.05, 3.63) is 70.8 Å². The van der Waals surface area contributed by atoms with Crippen LogP contribution in [0.5, 0.6) is 0 Å². The normalized spacial score (nSPS) is 11.1. The standard InChI is InChI=1S/C22H30N4O/c1-4-18-10-6-7-11-20(18)16-26-22(24-5-2)25-14-13-17-9-8-12-19(15-17)21(27)23-3/h6-12,15H,4-5,13-14,16H2,1-3H3,(H,23,27)(H2,24,25,26). The number of nitrogens with zero attached hydrogens (tertiary/aromatic N) is 1. The summed E-state index contributed by atoms with van der Waals surface area (Å²) in [5.41, 5.74) is 4.40. The molecule has 0 aromatic heterocycles. The summed E-state index contributed by atoms with van der Waals surface area (Å²) in [4.78, 5) is 16.5. The highest BCUT2D eigenvalue weighted by Gasteiger charge is 2.04. The molecule has 0 atom stereocenters. The Kier molecular flexibility index (Phi) is 8.36. The monoisotopic (exact) mass is 366 g/mol. The molecule has 0 saturated heterocycles. The van der Waals surface area contributed by atoms with Crippen LogP contribution in [-0.2, 0) is 19.4 Å². The molecule has 0 aliphatic heterocycles. The van der Waals surface area contributed by atoms with Gasteiger partial charge in [-0.05, 0) is 48.6 Å². The summed E-state index contributed by atoms with van der Waals surface area (Å²) in [6.45, 7) is 6.44. The average molecular weight is 367 g/mol. The number of aryl methyl sites for hydroxylation is 1. The van der Waals surface area contributed by atoms with E-state index >= 15 is 0 Å². The fraction of sp³-hybridized carbons (Fsp3) is 0.364. The molecule has 1 amide bonds. The Balaban J connectivity index is 1.95. The summed E-state index contributed by atoms with van der Waals surface area (Å²) in [5.74, 6) is 0.750. The molecule has 0 heterocycles. The molecule has 27 heavy (non-hydrogen) atoms. The molecule has 0 fully saturated rings. The van der Waals surface area contributed by atoms with Gasteiger partial charge in [-0.1, -0.05) is 43.3 Å². The van der Waals surface area contributed by atoms with Gasteiger partial charge in [0.1, 0.15) is 0 Å². The number of hydrogen-bond acceptors (Lipinski definition) is 2. The molecule has 0 unspecified atom stereocenters. The molecule has 0 bridgehead atoms. The summed E-state index contributed by atoms with van der Waals surface area (Å²) in [7, 11) is 1.65. The molecule has 5 heteroatoms. The summed E-state index contributed by atoms with van der Waals surface area (Å²) in [5, 5.41) is 9.33. The Bertz CT molecular complexity index is 770. The molecule has 0 radical (unpaired) electrons. The number of carbonyl (C=O) groups is 1. The van der Waals surface area contributed by atoms with Crippen LogP contribution in [0.1, 0.15) is 40.9 Å². The van der Waals surface area contributed by atoms with Gasteiger partial charge in [0.2, 0.25) is 0 Å². The highest BCUT2D eigenvalue weighted by Crippen LogP contribution is 2.10. The van der Waals surface area contributed by atoms with Gasteiger partial charge in [0.15, 0.2) is 5.96 Å². The Labute approximate surface area is 162 Å². The van der Waals surface area contributed by atoms with E-state index in [-0.39, 0.29) is 5.91 Å². The maximum Gasteiger partial charge on any atom is 0.251 e. The van der Waals surface area contributed by atoms with E-state index in [1.54, 1.807) is 7.05 Å². The number of benzene rings is 2. The number of guanidine groups is 1. The van der Waals surface area contributed by atoms with E-state index in [4.69, 9.17) is 4.99 Å². The van der Waals surface area contributed by atoms with Gasteiger partial charge < -0.3 is 16.0 Å². The van der Waals surface area contributed by atoms with Crippen LogP contribution in [0.2, 0.25) is 0 Å². The Morgan fingerprint density at radius 3 is 2.48 bits per heavy atom. The number of rotatable bonds is 8. The molecule has 2 aromatic carbocycles. The van der Waals surface area contributed by atoms with E-state index in [1.165, 1.54) is 11.1 Å². The molecule has 2 rings (SSSR count). The van der Waals surface area contributed by atoms with Gasteiger partial charge in [-0.2, -0.15) is 0 Å². The van der Waals surface area contributed by atoms with Gasteiger partial charge in [-0.15, -0.1) is 0 Å². The maximum absolute atomic E-state index is 11.7. The molecule has 144 valence electrons. The zero-order chi connectivity index (χ0) is 19.5. The third kappa shape index (κ3) is 6.44. The van der Waals surface area contributed by atoms with Crippen LogP contribution >= 0.6 is 0 Å². The number of nitrogens with one attached hydrogen (secondary N) is 3. The zero-order valence-corrected chi connectivity index (χ0v) is 16.5. The molecule has 3 N–H and O–H groups in total. The third-order valence-electron chi connectivity index (χ3n) is 4.37. The lowest BCUT2D eigenvalue weighted by Crippen LogP contribution is -2.38. The predicted octanol–water partition coefficient (Wildman–Crippen LogP) is 2.91. The lowest BCUT2D eigenvalue weighted by atomic mass is 10.1. The van der Waals surface area contributed by atoms with Gasteiger partial charge >= 0.3 is 0 Å². The molecular formula is C22H30N4O.